The first kappa shape index (κ1) is 11.6. The Kier molecular flexibility index (Phi) is 7.06. The molecule has 2 heteroatoms. The molecule has 1 fully saturated rings. The molecule has 1 rings (SSSR count). The highest BCUT2D eigenvalue weighted by molar-refractivity contribution is 5.83. The monoisotopic (exact) mass is 171 g/mol. The topological polar surface area (TPSA) is 29.1 Å². The maximum atomic E-state index is 11.1. The lowest BCUT2D eigenvalue weighted by Crippen LogP contribution is -2.39. The third-order valence-electron chi connectivity index (χ3n) is 2.05. The molecule has 72 valence electrons. The molecule has 0 amide bonds. The van der Waals surface area contributed by atoms with E-state index in [0.717, 1.165) is 13.0 Å². The average Bonchev–Trinajstić information content (AvgIpc) is 2.21. The molecule has 2 nitrogen and oxygen atoms in total. The number of carbonyl (C=O) groups is 1. The largest absolute Gasteiger partial charge is 0.307 e. The number of hydrogen-bond acceptors (Lipinski definition) is 2. The molecule has 12 heavy (non-hydrogen) atoms. The van der Waals surface area contributed by atoms with Crippen LogP contribution >= 0.6 is 0 Å². The number of Topliss-reactive ketones (excluding diaryl/α,β-unsaturated/α-hetero) is 1. The van der Waals surface area contributed by atoms with Crippen molar-refractivity contribution >= 4 is 5.78 Å². The second-order valence-electron chi connectivity index (χ2n) is 2.82. The number of ketones is 1. The van der Waals surface area contributed by atoms with Crippen LogP contribution in [-0.2, 0) is 4.79 Å². The Morgan fingerprint density at radius 3 is 2.50 bits per heavy atom. The molecular weight excluding hydrogens is 150 g/mol. The van der Waals surface area contributed by atoms with Gasteiger partial charge in [-0.25, -0.2) is 0 Å². The summed E-state index contributed by atoms with van der Waals surface area (Å²) < 4.78 is 0. The van der Waals surface area contributed by atoms with Crippen molar-refractivity contribution in [1.29, 1.82) is 0 Å². The molecule has 1 atom stereocenters. The minimum atomic E-state index is 0.179. The fourth-order valence-corrected chi connectivity index (χ4v) is 1.37. The van der Waals surface area contributed by atoms with Crippen LogP contribution in [0.3, 0.4) is 0 Å². The van der Waals surface area contributed by atoms with E-state index < -0.39 is 0 Å². The molecule has 0 aromatic carbocycles. The molecule has 1 N–H and O–H groups in total. The van der Waals surface area contributed by atoms with Gasteiger partial charge < -0.3 is 5.32 Å². The normalized spacial score (nSPS) is 22.4. The maximum absolute atomic E-state index is 11.1. The van der Waals surface area contributed by atoms with E-state index in [1.54, 1.807) is 0 Å². The lowest BCUT2D eigenvalue weighted by molar-refractivity contribution is -0.121. The highest BCUT2D eigenvalue weighted by atomic mass is 16.1. The molecule has 0 aromatic rings. The van der Waals surface area contributed by atoms with Gasteiger partial charge in [-0.3, -0.25) is 4.79 Å². The van der Waals surface area contributed by atoms with Gasteiger partial charge in [0.15, 0.2) is 0 Å². The van der Waals surface area contributed by atoms with E-state index >= 15 is 0 Å². The van der Waals surface area contributed by atoms with Crippen molar-refractivity contribution in [2.75, 3.05) is 6.54 Å². The van der Waals surface area contributed by atoms with E-state index in [1.807, 2.05) is 20.8 Å². The summed E-state index contributed by atoms with van der Waals surface area (Å²) >= 11 is 0. The Balaban J connectivity index is 0.000000561. The second kappa shape index (κ2) is 7.29. The first-order valence-electron chi connectivity index (χ1n) is 5.10. The summed E-state index contributed by atoms with van der Waals surface area (Å²) in [4.78, 5) is 11.1. The average molecular weight is 171 g/mol. The molecule has 1 aliphatic rings. The summed E-state index contributed by atoms with van der Waals surface area (Å²) in [6.07, 6.45) is 4.17. The van der Waals surface area contributed by atoms with Crippen LogP contribution in [0.4, 0.5) is 0 Å². The van der Waals surface area contributed by atoms with Gasteiger partial charge in [-0.1, -0.05) is 27.2 Å². The molecule has 1 saturated heterocycles. The summed E-state index contributed by atoms with van der Waals surface area (Å²) in [7, 11) is 0. The lowest BCUT2D eigenvalue weighted by Gasteiger charge is -2.21. The number of nitrogens with one attached hydrogen (secondary N) is 1. The molecule has 0 radical (unpaired) electrons. The van der Waals surface area contributed by atoms with Gasteiger partial charge in [-0.05, 0) is 19.4 Å². The fourth-order valence-electron chi connectivity index (χ4n) is 1.37. The molecule has 0 spiro atoms. The van der Waals surface area contributed by atoms with Crippen LogP contribution in [0.5, 0.6) is 0 Å². The van der Waals surface area contributed by atoms with Crippen LogP contribution < -0.4 is 5.32 Å². The summed E-state index contributed by atoms with van der Waals surface area (Å²) in [6.45, 7) is 6.95. The minimum absolute atomic E-state index is 0.179. The van der Waals surface area contributed by atoms with Crippen molar-refractivity contribution in [2.45, 2.75) is 52.5 Å². The van der Waals surface area contributed by atoms with Crippen LogP contribution in [0.1, 0.15) is 46.5 Å². The van der Waals surface area contributed by atoms with E-state index in [-0.39, 0.29) is 6.04 Å². The van der Waals surface area contributed by atoms with Crippen molar-refractivity contribution in [3.63, 3.8) is 0 Å². The van der Waals surface area contributed by atoms with E-state index in [2.05, 4.69) is 5.32 Å². The highest BCUT2D eigenvalue weighted by Gasteiger charge is 2.17. The number of carbonyl (C=O) groups excluding carboxylic acids is 1. The minimum Gasteiger partial charge on any atom is -0.307 e. The molecule has 0 aromatic heterocycles. The Hall–Kier alpha value is -0.370. The predicted molar refractivity (Wildman–Crippen MR) is 52.3 cm³/mol. The lowest BCUT2D eigenvalue weighted by atomic mass is 10.00. The van der Waals surface area contributed by atoms with Crippen LogP contribution in [0.25, 0.3) is 0 Å². The fraction of sp³-hybridized carbons (Fsp3) is 0.900. The zero-order valence-electron chi connectivity index (χ0n) is 8.52. The molecule has 1 heterocycles. The van der Waals surface area contributed by atoms with Crippen LogP contribution in [-0.4, -0.2) is 18.4 Å². The van der Waals surface area contributed by atoms with Gasteiger partial charge in [-0.15, -0.1) is 0 Å². The molecule has 0 bridgehead atoms. The molecular formula is C10H21NO. The molecule has 0 saturated carbocycles. The SMILES string of the molecule is CC.CCC(=O)[C@H]1CCCCN1. The van der Waals surface area contributed by atoms with E-state index in [9.17, 15) is 4.79 Å². The van der Waals surface area contributed by atoms with Gasteiger partial charge in [0.1, 0.15) is 5.78 Å². The van der Waals surface area contributed by atoms with Crippen molar-refractivity contribution in [3.05, 3.63) is 0 Å². The predicted octanol–water partition coefficient (Wildman–Crippen LogP) is 2.13. The quantitative estimate of drug-likeness (QED) is 0.689. The van der Waals surface area contributed by atoms with Crippen molar-refractivity contribution in [3.8, 4) is 0 Å². The van der Waals surface area contributed by atoms with Crippen molar-refractivity contribution in [2.24, 2.45) is 0 Å². The first-order valence-corrected chi connectivity index (χ1v) is 5.10. The summed E-state index contributed by atoms with van der Waals surface area (Å²) in [5.41, 5.74) is 0. The van der Waals surface area contributed by atoms with E-state index in [0.29, 0.717) is 12.2 Å². The Morgan fingerprint density at radius 1 is 1.42 bits per heavy atom. The van der Waals surface area contributed by atoms with Gasteiger partial charge in [0.05, 0.1) is 6.04 Å². The third kappa shape index (κ3) is 3.86. The molecule has 1 aliphatic heterocycles. The van der Waals surface area contributed by atoms with E-state index in [4.69, 9.17) is 0 Å². The number of piperidine rings is 1. The Labute approximate surface area is 75.7 Å². The van der Waals surface area contributed by atoms with Crippen molar-refractivity contribution < 1.29 is 4.79 Å². The standard InChI is InChI=1S/C8H15NO.C2H6/c1-2-8(10)7-5-3-4-6-9-7;1-2/h7,9H,2-6H2,1H3;1-2H3/t7-;/m1./s1. The van der Waals surface area contributed by atoms with Crippen LogP contribution in [0, 0.1) is 0 Å². The van der Waals surface area contributed by atoms with Crippen LogP contribution in [0.15, 0.2) is 0 Å². The van der Waals surface area contributed by atoms with Gasteiger partial charge >= 0.3 is 0 Å². The Bertz CT molecular complexity index is 117. The van der Waals surface area contributed by atoms with Gasteiger partial charge in [0.25, 0.3) is 0 Å². The first-order chi connectivity index (χ1) is 5.84. The van der Waals surface area contributed by atoms with Crippen LogP contribution in [0.2, 0.25) is 0 Å². The molecule has 0 unspecified atom stereocenters. The molecule has 0 aliphatic carbocycles. The van der Waals surface area contributed by atoms with E-state index in [1.165, 1.54) is 12.8 Å². The Morgan fingerprint density at radius 2 is 2.08 bits per heavy atom. The number of rotatable bonds is 2. The van der Waals surface area contributed by atoms with Crippen molar-refractivity contribution in [1.82, 2.24) is 5.32 Å². The number of hydrogen-bond donors (Lipinski definition) is 1. The zero-order valence-corrected chi connectivity index (χ0v) is 8.52. The summed E-state index contributed by atoms with van der Waals surface area (Å²) in [6, 6.07) is 0.179. The van der Waals surface area contributed by atoms with Gasteiger partial charge in [0.2, 0.25) is 0 Å². The zero-order chi connectivity index (χ0) is 9.40. The van der Waals surface area contributed by atoms with Gasteiger partial charge in [-0.2, -0.15) is 0 Å². The third-order valence-corrected chi connectivity index (χ3v) is 2.05. The van der Waals surface area contributed by atoms with Gasteiger partial charge in [0, 0.05) is 6.42 Å². The highest BCUT2D eigenvalue weighted by Crippen LogP contribution is 2.08. The summed E-state index contributed by atoms with van der Waals surface area (Å²) in [5.74, 6) is 0.375. The maximum Gasteiger partial charge on any atom is 0.149 e. The summed E-state index contributed by atoms with van der Waals surface area (Å²) in [5, 5.41) is 3.22. The smallest absolute Gasteiger partial charge is 0.149 e. The second-order valence-corrected chi connectivity index (χ2v) is 2.82.